The topological polar surface area (TPSA) is 122 Å². The van der Waals surface area contributed by atoms with Gasteiger partial charge in [-0.15, -0.1) is 6.58 Å². The lowest BCUT2D eigenvalue weighted by molar-refractivity contribution is -0.123. The fourth-order valence-electron chi connectivity index (χ4n) is 2.66. The highest BCUT2D eigenvalue weighted by molar-refractivity contribution is 7.92. The minimum atomic E-state index is -4.08. The fourth-order valence-corrected chi connectivity index (χ4v) is 4.31. The van der Waals surface area contributed by atoms with Crippen LogP contribution in [-0.4, -0.2) is 46.0 Å². The lowest BCUT2D eigenvalue weighted by atomic mass is 10.2. The van der Waals surface area contributed by atoms with Crippen LogP contribution in [0.5, 0.6) is 0 Å². The van der Waals surface area contributed by atoms with Gasteiger partial charge in [0, 0.05) is 6.54 Å². The van der Waals surface area contributed by atoms with Crippen molar-refractivity contribution in [2.24, 2.45) is 0 Å². The van der Waals surface area contributed by atoms with Crippen LogP contribution in [0.15, 0.2) is 66.1 Å². The van der Waals surface area contributed by atoms with Crippen LogP contribution in [0.2, 0.25) is 5.02 Å². The van der Waals surface area contributed by atoms with Crippen LogP contribution in [0.4, 0.5) is 10.5 Å². The SMILES string of the molecule is C=CCN(c1ccccc1)S(=O)(=O)c1ccc(Cl)c(C(=O)OCC(=O)NC(=O)NCCC)c1. The molecule has 3 amide bonds. The summed E-state index contributed by atoms with van der Waals surface area (Å²) in [4.78, 5) is 35.5. The molecule has 11 heteroatoms. The molecule has 0 bridgehead atoms. The molecule has 0 aliphatic heterocycles. The maximum absolute atomic E-state index is 13.3. The van der Waals surface area contributed by atoms with Gasteiger partial charge < -0.3 is 10.1 Å². The van der Waals surface area contributed by atoms with Gasteiger partial charge in [-0.05, 0) is 36.8 Å². The smallest absolute Gasteiger partial charge is 0.340 e. The second-order valence-corrected chi connectivity index (χ2v) is 8.95. The zero-order valence-corrected chi connectivity index (χ0v) is 19.5. The Labute approximate surface area is 197 Å². The van der Waals surface area contributed by atoms with Crippen LogP contribution in [0.1, 0.15) is 23.7 Å². The first-order valence-electron chi connectivity index (χ1n) is 9.93. The summed E-state index contributed by atoms with van der Waals surface area (Å²) in [6.07, 6.45) is 2.12. The summed E-state index contributed by atoms with van der Waals surface area (Å²) < 4.78 is 32.5. The number of benzene rings is 2. The van der Waals surface area contributed by atoms with E-state index in [1.165, 1.54) is 18.2 Å². The highest BCUT2D eigenvalue weighted by atomic mass is 35.5. The Hall–Kier alpha value is -3.37. The predicted octanol–water partition coefficient (Wildman–Crippen LogP) is 3.11. The zero-order valence-electron chi connectivity index (χ0n) is 17.9. The van der Waals surface area contributed by atoms with Crippen molar-refractivity contribution < 1.29 is 27.5 Å². The molecular weight excluding hydrogens is 470 g/mol. The number of rotatable bonds is 10. The quantitative estimate of drug-likeness (QED) is 0.387. The second kappa shape index (κ2) is 12.0. The number of imide groups is 1. The van der Waals surface area contributed by atoms with Crippen molar-refractivity contribution in [2.45, 2.75) is 18.2 Å². The molecule has 0 unspecified atom stereocenters. The number of anilines is 1. The number of carbonyl (C=O) groups is 3. The molecular formula is C22H24ClN3O6S. The minimum absolute atomic E-state index is 0.00494. The summed E-state index contributed by atoms with van der Waals surface area (Å²) in [5, 5.41) is 4.39. The molecule has 0 aliphatic rings. The van der Waals surface area contributed by atoms with Crippen LogP contribution >= 0.6 is 11.6 Å². The standard InChI is InChI=1S/C22H24ClN3O6S/c1-3-12-24-22(29)25-20(27)15-32-21(28)18-14-17(10-11-19(18)23)33(30,31)26(13-4-2)16-8-6-5-7-9-16/h4-11,14H,2-3,12-13,15H2,1H3,(H2,24,25,27,29). The van der Waals surface area contributed by atoms with Crippen molar-refractivity contribution in [3.63, 3.8) is 0 Å². The third-order valence-corrected chi connectivity index (χ3v) is 6.33. The molecule has 0 atom stereocenters. The highest BCUT2D eigenvalue weighted by Crippen LogP contribution is 2.27. The lowest BCUT2D eigenvalue weighted by Gasteiger charge is -2.23. The minimum Gasteiger partial charge on any atom is -0.452 e. The van der Waals surface area contributed by atoms with Gasteiger partial charge in [0.15, 0.2) is 6.61 Å². The maximum Gasteiger partial charge on any atom is 0.340 e. The van der Waals surface area contributed by atoms with Crippen LogP contribution in [0.25, 0.3) is 0 Å². The number of urea groups is 1. The molecule has 0 saturated carbocycles. The number of hydrogen-bond acceptors (Lipinski definition) is 6. The summed E-state index contributed by atoms with van der Waals surface area (Å²) in [6, 6.07) is 11.3. The van der Waals surface area contributed by atoms with E-state index in [0.717, 1.165) is 10.4 Å². The Morgan fingerprint density at radius 1 is 1.15 bits per heavy atom. The van der Waals surface area contributed by atoms with E-state index in [-0.39, 0.29) is 22.0 Å². The number of esters is 1. The summed E-state index contributed by atoms with van der Waals surface area (Å²) in [5.74, 6) is -1.87. The molecule has 0 radical (unpaired) electrons. The normalized spacial score (nSPS) is 10.7. The van der Waals surface area contributed by atoms with E-state index in [9.17, 15) is 22.8 Å². The monoisotopic (exact) mass is 493 g/mol. The van der Waals surface area contributed by atoms with Gasteiger partial charge >= 0.3 is 12.0 Å². The Morgan fingerprint density at radius 3 is 2.48 bits per heavy atom. The van der Waals surface area contributed by atoms with Crippen LogP contribution in [0.3, 0.4) is 0 Å². The van der Waals surface area contributed by atoms with E-state index in [1.807, 2.05) is 12.2 Å². The number of sulfonamides is 1. The molecule has 0 aromatic heterocycles. The molecule has 0 spiro atoms. The van der Waals surface area contributed by atoms with E-state index < -0.39 is 34.5 Å². The predicted molar refractivity (Wildman–Crippen MR) is 125 cm³/mol. The van der Waals surface area contributed by atoms with Gasteiger partial charge in [0.05, 0.1) is 27.7 Å². The molecule has 9 nitrogen and oxygen atoms in total. The van der Waals surface area contributed by atoms with E-state index in [2.05, 4.69) is 11.9 Å². The number of nitrogens with one attached hydrogen (secondary N) is 2. The number of halogens is 1. The zero-order chi connectivity index (χ0) is 24.4. The lowest BCUT2D eigenvalue weighted by Crippen LogP contribution is -2.41. The molecule has 2 N–H and O–H groups in total. The van der Waals surface area contributed by atoms with Gasteiger partial charge in [0.1, 0.15) is 0 Å². The molecule has 2 aromatic rings. The fraction of sp³-hybridized carbons (Fsp3) is 0.227. The van der Waals surface area contributed by atoms with Gasteiger partial charge in [0.25, 0.3) is 15.9 Å². The number of ether oxygens (including phenoxy) is 1. The first-order valence-corrected chi connectivity index (χ1v) is 11.8. The third kappa shape index (κ3) is 7.06. The summed E-state index contributed by atoms with van der Waals surface area (Å²) in [7, 11) is -4.08. The van der Waals surface area contributed by atoms with Crippen LogP contribution in [-0.2, 0) is 19.6 Å². The number of amides is 3. The first kappa shape index (κ1) is 25.9. The van der Waals surface area contributed by atoms with Gasteiger partial charge in [-0.2, -0.15) is 0 Å². The molecule has 0 aliphatic carbocycles. The average molecular weight is 494 g/mol. The van der Waals surface area contributed by atoms with Gasteiger partial charge in [-0.1, -0.05) is 42.8 Å². The number of nitrogens with zero attached hydrogens (tertiary/aromatic N) is 1. The molecule has 0 saturated heterocycles. The van der Waals surface area contributed by atoms with E-state index in [1.54, 1.807) is 30.3 Å². The highest BCUT2D eigenvalue weighted by Gasteiger charge is 2.26. The Bertz CT molecular complexity index is 1120. The molecule has 2 rings (SSSR count). The van der Waals surface area contributed by atoms with E-state index in [4.69, 9.17) is 16.3 Å². The third-order valence-electron chi connectivity index (χ3n) is 4.21. The Balaban J connectivity index is 2.20. The van der Waals surface area contributed by atoms with Crippen molar-refractivity contribution in [1.29, 1.82) is 0 Å². The van der Waals surface area contributed by atoms with Crippen molar-refractivity contribution >= 4 is 45.2 Å². The summed E-state index contributed by atoms with van der Waals surface area (Å²) in [6.45, 7) is 5.07. The molecule has 2 aromatic carbocycles. The van der Waals surface area contributed by atoms with Crippen LogP contribution in [0, 0.1) is 0 Å². The number of para-hydroxylation sites is 1. The second-order valence-electron chi connectivity index (χ2n) is 6.68. The number of carbonyl (C=O) groups excluding carboxylic acids is 3. The van der Waals surface area contributed by atoms with Crippen LogP contribution < -0.4 is 14.9 Å². The largest absolute Gasteiger partial charge is 0.452 e. The summed E-state index contributed by atoms with van der Waals surface area (Å²) >= 11 is 6.07. The Kier molecular flexibility index (Phi) is 9.43. The number of hydrogen-bond donors (Lipinski definition) is 2. The molecule has 0 fully saturated rings. The van der Waals surface area contributed by atoms with Gasteiger partial charge in [-0.25, -0.2) is 18.0 Å². The molecule has 176 valence electrons. The molecule has 0 heterocycles. The summed E-state index contributed by atoms with van der Waals surface area (Å²) in [5.41, 5.74) is 0.169. The Morgan fingerprint density at radius 2 is 1.85 bits per heavy atom. The van der Waals surface area contributed by atoms with Crippen molar-refractivity contribution in [2.75, 3.05) is 24.0 Å². The first-order chi connectivity index (χ1) is 15.7. The van der Waals surface area contributed by atoms with Gasteiger partial charge in [-0.3, -0.25) is 14.4 Å². The average Bonchev–Trinajstić information content (AvgIpc) is 2.80. The van der Waals surface area contributed by atoms with Crippen molar-refractivity contribution in [3.8, 4) is 0 Å². The maximum atomic E-state index is 13.3. The van der Waals surface area contributed by atoms with Crippen molar-refractivity contribution in [1.82, 2.24) is 10.6 Å². The van der Waals surface area contributed by atoms with Crippen molar-refractivity contribution in [3.05, 3.63) is 71.8 Å². The van der Waals surface area contributed by atoms with Gasteiger partial charge in [0.2, 0.25) is 0 Å². The van der Waals surface area contributed by atoms with E-state index >= 15 is 0 Å². The van der Waals surface area contributed by atoms with E-state index in [0.29, 0.717) is 18.7 Å². The molecule has 33 heavy (non-hydrogen) atoms.